The molecule has 0 spiro atoms. The molecule has 0 atom stereocenters. The number of hydrogen-bond donors (Lipinski definition) is 0. The third-order valence-electron chi connectivity index (χ3n) is 11.4. The summed E-state index contributed by atoms with van der Waals surface area (Å²) in [7, 11) is 0. The maximum atomic E-state index is 10.5. The zero-order valence-electron chi connectivity index (χ0n) is 29.5. The van der Waals surface area contributed by atoms with Gasteiger partial charge in [0.25, 0.3) is 0 Å². The van der Waals surface area contributed by atoms with Gasteiger partial charge >= 0.3 is 0 Å². The molecule has 4 nitrogen and oxygen atoms in total. The van der Waals surface area contributed by atoms with Gasteiger partial charge < -0.3 is 9.80 Å². The van der Waals surface area contributed by atoms with Crippen LogP contribution in [0.15, 0.2) is 156 Å². The van der Waals surface area contributed by atoms with Crippen LogP contribution in [0, 0.1) is 22.7 Å². The first-order chi connectivity index (χ1) is 25.5. The lowest BCUT2D eigenvalue weighted by molar-refractivity contribution is 0.571. The van der Waals surface area contributed by atoms with E-state index in [1.807, 2.05) is 12.1 Å². The van der Waals surface area contributed by atoms with Crippen molar-refractivity contribution in [3.63, 3.8) is 0 Å². The molecule has 2 aliphatic heterocycles. The molecule has 5 aromatic rings. The molecule has 4 heteroatoms. The molecule has 0 saturated heterocycles. The van der Waals surface area contributed by atoms with Crippen molar-refractivity contribution in [3.05, 3.63) is 178 Å². The summed E-state index contributed by atoms with van der Waals surface area (Å²) >= 11 is 0. The van der Waals surface area contributed by atoms with Crippen molar-refractivity contribution in [2.24, 2.45) is 0 Å². The Bertz CT molecular complexity index is 2480. The predicted molar refractivity (Wildman–Crippen MR) is 211 cm³/mol. The predicted octanol–water partition coefficient (Wildman–Crippen LogP) is 12.1. The molecule has 0 fully saturated rings. The van der Waals surface area contributed by atoms with Gasteiger partial charge in [0.05, 0.1) is 16.8 Å². The number of rotatable bonds is 4. The SMILES string of the molecule is CC1(C)C2=C(C=CCC2)N(c2ccc(-c3ccc(-c4ccc(N5C6=C(CCC=C6)Cc6ccccc65)cc4)c(C#N)c3C#N)cc2)c2ccccc21. The van der Waals surface area contributed by atoms with Gasteiger partial charge in [0.2, 0.25) is 0 Å². The van der Waals surface area contributed by atoms with Crippen LogP contribution < -0.4 is 9.80 Å². The quantitative estimate of drug-likeness (QED) is 0.191. The van der Waals surface area contributed by atoms with Crippen LogP contribution >= 0.6 is 0 Å². The van der Waals surface area contributed by atoms with Crippen molar-refractivity contribution in [1.29, 1.82) is 10.5 Å². The highest BCUT2D eigenvalue weighted by atomic mass is 15.2. The summed E-state index contributed by atoms with van der Waals surface area (Å²) in [6.07, 6.45) is 14.3. The molecule has 0 N–H and O–H groups in total. The van der Waals surface area contributed by atoms with Crippen LogP contribution in [0.2, 0.25) is 0 Å². The van der Waals surface area contributed by atoms with Gasteiger partial charge in [-0.15, -0.1) is 0 Å². The minimum absolute atomic E-state index is 0.0443. The van der Waals surface area contributed by atoms with E-state index in [1.165, 1.54) is 45.0 Å². The van der Waals surface area contributed by atoms with Crippen LogP contribution in [-0.4, -0.2) is 0 Å². The molecule has 0 aromatic heterocycles. The van der Waals surface area contributed by atoms with Crippen LogP contribution in [0.4, 0.5) is 22.7 Å². The number of para-hydroxylation sites is 2. The van der Waals surface area contributed by atoms with Crippen LogP contribution in [0.25, 0.3) is 22.3 Å². The number of nitrogens with zero attached hydrogens (tertiary/aromatic N) is 4. The first-order valence-electron chi connectivity index (χ1n) is 18.2. The number of allylic oxidation sites excluding steroid dienone is 6. The maximum absolute atomic E-state index is 10.5. The van der Waals surface area contributed by atoms with Gasteiger partial charge in [-0.3, -0.25) is 0 Å². The van der Waals surface area contributed by atoms with E-state index in [0.717, 1.165) is 65.7 Å². The standard InChI is InChI=1S/C48H38N4/c1-48(2)42-13-5-9-17-46(42)52(47-18-10-6-14-43(47)48)37-25-21-33(22-26-37)39-28-27-38(40(30-49)41(39)31-50)32-19-23-36(24-20-32)51-44-15-7-3-11-34(44)29-35-12-4-8-16-45(35)51/h3,5,7-11,13,15-28H,4,6,12,14,29H2,1-2H3. The highest BCUT2D eigenvalue weighted by molar-refractivity contribution is 5.86. The monoisotopic (exact) mass is 670 g/mol. The number of benzene rings is 5. The second kappa shape index (κ2) is 12.4. The fourth-order valence-corrected chi connectivity index (χ4v) is 8.78. The Labute approximate surface area is 306 Å². The van der Waals surface area contributed by atoms with Crippen molar-refractivity contribution in [1.82, 2.24) is 0 Å². The number of hydrogen-bond acceptors (Lipinski definition) is 4. The molecule has 250 valence electrons. The maximum Gasteiger partial charge on any atom is 0.101 e. The van der Waals surface area contributed by atoms with Crippen molar-refractivity contribution in [2.45, 2.75) is 51.4 Å². The summed E-state index contributed by atoms with van der Waals surface area (Å²) in [6, 6.07) is 43.0. The van der Waals surface area contributed by atoms with Gasteiger partial charge in [-0.25, -0.2) is 0 Å². The average molecular weight is 671 g/mol. The topological polar surface area (TPSA) is 54.1 Å². The van der Waals surface area contributed by atoms with E-state index < -0.39 is 0 Å². The van der Waals surface area contributed by atoms with Crippen LogP contribution in [-0.2, 0) is 11.8 Å². The highest BCUT2D eigenvalue weighted by Crippen LogP contribution is 2.51. The molecule has 2 heterocycles. The van der Waals surface area contributed by atoms with Gasteiger partial charge in [-0.1, -0.05) is 98.8 Å². The third-order valence-corrected chi connectivity index (χ3v) is 11.4. The zero-order chi connectivity index (χ0) is 35.4. The molecular weight excluding hydrogens is 633 g/mol. The second-order valence-electron chi connectivity index (χ2n) is 14.6. The van der Waals surface area contributed by atoms with Crippen molar-refractivity contribution >= 4 is 22.7 Å². The lowest BCUT2D eigenvalue weighted by Gasteiger charge is -2.44. The molecule has 4 aliphatic rings. The lowest BCUT2D eigenvalue weighted by Crippen LogP contribution is -2.34. The Morgan fingerprint density at radius 1 is 0.577 bits per heavy atom. The van der Waals surface area contributed by atoms with Crippen LogP contribution in [0.5, 0.6) is 0 Å². The molecule has 0 saturated carbocycles. The molecule has 0 bridgehead atoms. The third kappa shape index (κ3) is 4.95. The summed E-state index contributed by atoms with van der Waals surface area (Å²) < 4.78 is 0. The number of nitriles is 2. The van der Waals surface area contributed by atoms with E-state index >= 15 is 0 Å². The normalized spacial score (nSPS) is 16.8. The fourth-order valence-electron chi connectivity index (χ4n) is 8.78. The average Bonchev–Trinajstić information content (AvgIpc) is 3.20. The second-order valence-corrected chi connectivity index (χ2v) is 14.6. The van der Waals surface area contributed by atoms with Crippen molar-refractivity contribution in [3.8, 4) is 34.4 Å². The van der Waals surface area contributed by atoms with E-state index in [0.29, 0.717) is 11.1 Å². The minimum Gasteiger partial charge on any atom is -0.310 e. The summed E-state index contributed by atoms with van der Waals surface area (Å²) in [5.74, 6) is 0. The molecule has 2 aliphatic carbocycles. The first-order valence-corrected chi connectivity index (χ1v) is 18.2. The Morgan fingerprint density at radius 3 is 1.75 bits per heavy atom. The van der Waals surface area contributed by atoms with Gasteiger partial charge in [0.15, 0.2) is 0 Å². The summed E-state index contributed by atoms with van der Waals surface area (Å²) in [5, 5.41) is 21.0. The smallest absolute Gasteiger partial charge is 0.101 e. The fraction of sp³-hybridized carbons (Fsp3) is 0.167. The van der Waals surface area contributed by atoms with E-state index in [-0.39, 0.29) is 5.41 Å². The molecule has 52 heavy (non-hydrogen) atoms. The Hall–Kier alpha value is -6.36. The molecular formula is C48H38N4. The van der Waals surface area contributed by atoms with Crippen molar-refractivity contribution < 1.29 is 0 Å². The van der Waals surface area contributed by atoms with Gasteiger partial charge in [0, 0.05) is 45.0 Å². The van der Waals surface area contributed by atoms with E-state index in [2.05, 4.69) is 157 Å². The molecule has 0 radical (unpaired) electrons. The van der Waals surface area contributed by atoms with Crippen LogP contribution in [0.1, 0.15) is 61.8 Å². The summed E-state index contributed by atoms with van der Waals surface area (Å²) in [5.41, 5.74) is 16.8. The van der Waals surface area contributed by atoms with E-state index in [9.17, 15) is 10.5 Å². The molecule has 9 rings (SSSR count). The zero-order valence-corrected chi connectivity index (χ0v) is 29.5. The van der Waals surface area contributed by atoms with Gasteiger partial charge in [0.1, 0.15) is 12.1 Å². The number of anilines is 4. The Balaban J connectivity index is 1.06. The summed E-state index contributed by atoms with van der Waals surface area (Å²) in [4.78, 5) is 4.73. The molecule has 0 unspecified atom stereocenters. The van der Waals surface area contributed by atoms with E-state index in [1.54, 1.807) is 0 Å². The Kier molecular flexibility index (Phi) is 7.57. The largest absolute Gasteiger partial charge is 0.310 e. The highest BCUT2D eigenvalue weighted by Gasteiger charge is 2.38. The molecule has 0 amide bonds. The van der Waals surface area contributed by atoms with Gasteiger partial charge in [-0.2, -0.15) is 10.5 Å². The summed E-state index contributed by atoms with van der Waals surface area (Å²) in [6.45, 7) is 4.67. The van der Waals surface area contributed by atoms with Crippen LogP contribution in [0.3, 0.4) is 0 Å². The van der Waals surface area contributed by atoms with E-state index in [4.69, 9.17) is 0 Å². The first kappa shape index (κ1) is 31.6. The van der Waals surface area contributed by atoms with Gasteiger partial charge in [-0.05, 0) is 114 Å². The lowest BCUT2D eigenvalue weighted by atomic mass is 9.70. The minimum atomic E-state index is -0.0443. The Morgan fingerprint density at radius 2 is 1.12 bits per heavy atom. The van der Waals surface area contributed by atoms with Crippen molar-refractivity contribution in [2.75, 3.05) is 9.80 Å². The molecule has 5 aromatic carbocycles. The number of fused-ring (bicyclic) bond motifs is 2.